The second-order valence-corrected chi connectivity index (χ2v) is 9.02. The molecule has 156 valence electrons. The van der Waals surface area contributed by atoms with E-state index in [2.05, 4.69) is 15.2 Å². The van der Waals surface area contributed by atoms with E-state index in [-0.39, 0.29) is 23.8 Å². The minimum Gasteiger partial charge on any atom is -0.329 e. The summed E-state index contributed by atoms with van der Waals surface area (Å²) >= 11 is 0. The van der Waals surface area contributed by atoms with Gasteiger partial charge in [0.1, 0.15) is 0 Å². The van der Waals surface area contributed by atoms with Crippen LogP contribution in [0, 0.1) is 0 Å². The summed E-state index contributed by atoms with van der Waals surface area (Å²) < 4.78 is 0. The molecule has 1 spiro atoms. The number of hydrogen-bond donors (Lipinski definition) is 1. The summed E-state index contributed by atoms with van der Waals surface area (Å²) in [5, 5.41) is 3.13. The molecule has 2 heterocycles. The van der Waals surface area contributed by atoms with E-state index in [1.165, 1.54) is 19.3 Å². The van der Waals surface area contributed by atoms with Crippen LogP contribution in [-0.4, -0.2) is 33.3 Å². The van der Waals surface area contributed by atoms with Crippen LogP contribution in [0.4, 0.5) is 5.69 Å². The Morgan fingerprint density at radius 3 is 2.40 bits per heavy atom. The van der Waals surface area contributed by atoms with Crippen LogP contribution in [0.15, 0.2) is 48.8 Å². The molecule has 0 radical (unpaired) electrons. The topological polar surface area (TPSA) is 62.3 Å². The Morgan fingerprint density at radius 1 is 0.967 bits per heavy atom. The fourth-order valence-electron chi connectivity index (χ4n) is 6.12. The molecule has 5 rings (SSSR count). The van der Waals surface area contributed by atoms with Gasteiger partial charge in [-0.15, -0.1) is 0 Å². The van der Waals surface area contributed by atoms with E-state index in [0.29, 0.717) is 5.56 Å². The third kappa shape index (κ3) is 3.11. The third-order valence-corrected chi connectivity index (χ3v) is 7.36. The highest BCUT2D eigenvalue weighted by Crippen LogP contribution is 2.51. The van der Waals surface area contributed by atoms with Gasteiger partial charge >= 0.3 is 0 Å². The van der Waals surface area contributed by atoms with Crippen LogP contribution in [0.3, 0.4) is 0 Å². The molecule has 2 aliphatic carbocycles. The van der Waals surface area contributed by atoms with Gasteiger partial charge in [0, 0.05) is 29.7 Å². The minimum atomic E-state index is -0.421. The fraction of sp³-hybridized carbons (Fsp3) is 0.480. The van der Waals surface area contributed by atoms with Gasteiger partial charge in [0.2, 0.25) is 5.91 Å². The molecule has 2 aromatic rings. The van der Waals surface area contributed by atoms with Crippen molar-refractivity contribution in [1.82, 2.24) is 9.88 Å². The number of pyridine rings is 1. The van der Waals surface area contributed by atoms with Gasteiger partial charge in [-0.3, -0.25) is 14.6 Å². The average molecular weight is 404 g/mol. The highest BCUT2D eigenvalue weighted by Gasteiger charge is 2.56. The monoisotopic (exact) mass is 403 g/mol. The van der Waals surface area contributed by atoms with Crippen LogP contribution in [-0.2, 0) is 4.79 Å². The Balaban J connectivity index is 1.63. The van der Waals surface area contributed by atoms with Crippen LogP contribution in [0.5, 0.6) is 0 Å². The molecular formula is C25H29N3O2. The number of carbonyl (C=O) groups is 2. The average Bonchev–Trinajstić information content (AvgIpc) is 3.29. The Hall–Kier alpha value is -2.69. The first-order chi connectivity index (χ1) is 14.7. The number of amides is 2. The number of fused-ring (bicyclic) bond motifs is 1. The number of nitrogens with one attached hydrogen (secondary N) is 1. The van der Waals surface area contributed by atoms with Gasteiger partial charge < -0.3 is 10.2 Å². The zero-order valence-corrected chi connectivity index (χ0v) is 17.3. The number of benzene rings is 1. The lowest BCUT2D eigenvalue weighted by atomic mass is 9.64. The van der Waals surface area contributed by atoms with Gasteiger partial charge in [-0.2, -0.15) is 0 Å². The Kier molecular flexibility index (Phi) is 5.05. The largest absolute Gasteiger partial charge is 0.329 e. The van der Waals surface area contributed by atoms with Gasteiger partial charge in [0.25, 0.3) is 5.91 Å². The molecule has 1 aromatic heterocycles. The second-order valence-electron chi connectivity index (χ2n) is 9.02. The van der Waals surface area contributed by atoms with Gasteiger partial charge in [-0.05, 0) is 49.4 Å². The number of carbonyl (C=O) groups excluding carboxylic acids is 2. The lowest BCUT2D eigenvalue weighted by molar-refractivity contribution is -0.123. The molecule has 1 aliphatic heterocycles. The molecule has 1 aromatic carbocycles. The van der Waals surface area contributed by atoms with Gasteiger partial charge in [-0.1, -0.05) is 50.3 Å². The van der Waals surface area contributed by atoms with Crippen molar-refractivity contribution in [2.24, 2.45) is 0 Å². The van der Waals surface area contributed by atoms with Crippen LogP contribution in [0.25, 0.3) is 0 Å². The summed E-state index contributed by atoms with van der Waals surface area (Å²) in [4.78, 5) is 33.8. The van der Waals surface area contributed by atoms with Crippen LogP contribution < -0.4 is 5.32 Å². The Morgan fingerprint density at radius 2 is 1.67 bits per heavy atom. The van der Waals surface area contributed by atoms with Crippen LogP contribution in [0.1, 0.15) is 79.6 Å². The summed E-state index contributed by atoms with van der Waals surface area (Å²) in [7, 11) is 0. The quantitative estimate of drug-likeness (QED) is 0.792. The SMILES string of the molecule is O=C(Nc1ccncc1)[C@@H]1c2ccccc2C(=O)N(C2CCCC2)C12CCCCC2. The molecule has 2 saturated carbocycles. The van der Waals surface area contributed by atoms with Gasteiger partial charge in [0.15, 0.2) is 0 Å². The smallest absolute Gasteiger partial charge is 0.254 e. The first kappa shape index (κ1) is 19.3. The molecule has 2 fully saturated rings. The molecule has 0 bridgehead atoms. The normalized spacial score (nSPS) is 23.4. The zero-order valence-electron chi connectivity index (χ0n) is 17.3. The molecule has 2 amide bonds. The van der Waals surface area contributed by atoms with Gasteiger partial charge in [-0.25, -0.2) is 0 Å². The molecule has 5 heteroatoms. The van der Waals surface area contributed by atoms with Crippen LogP contribution >= 0.6 is 0 Å². The van der Waals surface area contributed by atoms with Crippen molar-refractivity contribution in [3.8, 4) is 0 Å². The van der Waals surface area contributed by atoms with E-state index in [1.54, 1.807) is 12.4 Å². The second kappa shape index (κ2) is 7.86. The summed E-state index contributed by atoms with van der Waals surface area (Å²) in [6.45, 7) is 0. The molecule has 5 nitrogen and oxygen atoms in total. The molecule has 1 atom stereocenters. The van der Waals surface area contributed by atoms with Crippen molar-refractivity contribution in [3.05, 3.63) is 59.9 Å². The van der Waals surface area contributed by atoms with E-state index in [0.717, 1.165) is 49.8 Å². The maximum Gasteiger partial charge on any atom is 0.254 e. The highest BCUT2D eigenvalue weighted by atomic mass is 16.2. The molecule has 3 aliphatic rings. The summed E-state index contributed by atoms with van der Waals surface area (Å²) in [5.41, 5.74) is 1.93. The number of hydrogen-bond acceptors (Lipinski definition) is 3. The summed E-state index contributed by atoms with van der Waals surface area (Å²) in [6, 6.07) is 11.7. The highest BCUT2D eigenvalue weighted by molar-refractivity contribution is 6.05. The van der Waals surface area contributed by atoms with Crippen LogP contribution in [0.2, 0.25) is 0 Å². The first-order valence-electron chi connectivity index (χ1n) is 11.3. The predicted octanol–water partition coefficient (Wildman–Crippen LogP) is 4.91. The van der Waals surface area contributed by atoms with E-state index in [1.807, 2.05) is 36.4 Å². The number of aromatic nitrogens is 1. The summed E-state index contributed by atoms with van der Waals surface area (Å²) in [5.74, 6) is -0.223. The maximum atomic E-state index is 13.8. The maximum absolute atomic E-state index is 13.8. The molecule has 0 saturated heterocycles. The van der Waals surface area contributed by atoms with E-state index in [9.17, 15) is 9.59 Å². The third-order valence-electron chi connectivity index (χ3n) is 7.36. The number of anilines is 1. The molecular weight excluding hydrogens is 374 g/mol. The molecule has 1 N–H and O–H groups in total. The van der Waals surface area contributed by atoms with E-state index >= 15 is 0 Å². The van der Waals surface area contributed by atoms with Crippen molar-refractivity contribution in [3.63, 3.8) is 0 Å². The van der Waals surface area contributed by atoms with Crippen molar-refractivity contribution < 1.29 is 9.59 Å². The first-order valence-corrected chi connectivity index (χ1v) is 11.3. The van der Waals surface area contributed by atoms with Crippen molar-refractivity contribution in [2.75, 3.05) is 5.32 Å². The predicted molar refractivity (Wildman–Crippen MR) is 116 cm³/mol. The Bertz CT molecular complexity index is 930. The lowest BCUT2D eigenvalue weighted by Crippen LogP contribution is -2.64. The van der Waals surface area contributed by atoms with E-state index in [4.69, 9.17) is 0 Å². The summed E-state index contributed by atoms with van der Waals surface area (Å²) in [6.07, 6.45) is 12.9. The van der Waals surface area contributed by atoms with E-state index < -0.39 is 5.54 Å². The fourth-order valence-corrected chi connectivity index (χ4v) is 6.12. The number of rotatable bonds is 3. The molecule has 0 unspecified atom stereocenters. The lowest BCUT2D eigenvalue weighted by Gasteiger charge is -2.56. The standard InChI is InChI=1S/C25H29N3O2/c29-23(27-18-12-16-26-17-13-18)22-20-10-4-5-11-21(20)24(30)28(19-8-2-3-9-19)25(22)14-6-1-7-15-25/h4-5,10-13,16-17,19,22H,1-3,6-9,14-15H2,(H,26,27,29)/t22-/m0/s1. The van der Waals surface area contributed by atoms with Crippen molar-refractivity contribution >= 4 is 17.5 Å². The zero-order chi connectivity index (χ0) is 20.6. The van der Waals surface area contributed by atoms with Crippen molar-refractivity contribution in [1.29, 1.82) is 0 Å². The minimum absolute atomic E-state index is 0.00829. The Labute approximate surface area is 177 Å². The molecule has 30 heavy (non-hydrogen) atoms. The van der Waals surface area contributed by atoms with Crippen molar-refractivity contribution in [2.45, 2.75) is 75.3 Å². The number of nitrogens with zero attached hydrogens (tertiary/aromatic N) is 2. The van der Waals surface area contributed by atoms with Gasteiger partial charge in [0.05, 0.1) is 11.5 Å².